The van der Waals surface area contributed by atoms with Gasteiger partial charge in [0.2, 0.25) is 0 Å². The summed E-state index contributed by atoms with van der Waals surface area (Å²) in [6.45, 7) is 3.93. The monoisotopic (exact) mass is 254 g/mol. The van der Waals surface area contributed by atoms with Crippen LogP contribution in [0.25, 0.3) is 0 Å². The van der Waals surface area contributed by atoms with Gasteiger partial charge in [-0.3, -0.25) is 0 Å². The molecule has 0 aromatic carbocycles. The maximum atomic E-state index is 4.23. The Kier molecular flexibility index (Phi) is 3.23. The summed E-state index contributed by atoms with van der Waals surface area (Å²) in [6.07, 6.45) is 3.35. The number of aryl methyl sites for hydroxylation is 2. The van der Waals surface area contributed by atoms with Crippen molar-refractivity contribution < 1.29 is 0 Å². The standard InChI is InChI=1S/C15H18N4/c1-10-3-5-14(18-16-10)8-12-7-13(12)9-15-6-4-11(2)17-19-15/h3-6,12-13H,7-9H2,1-2H3/t12-,13-/m1/s1. The number of hydrogen-bond donors (Lipinski definition) is 0. The molecular formula is C15H18N4. The van der Waals surface area contributed by atoms with Crippen LogP contribution in [0.2, 0.25) is 0 Å². The third kappa shape index (κ3) is 3.13. The average molecular weight is 254 g/mol. The summed E-state index contributed by atoms with van der Waals surface area (Å²) in [5.74, 6) is 1.47. The zero-order valence-electron chi connectivity index (χ0n) is 11.4. The Bertz CT molecular complexity index is 496. The third-order valence-electron chi connectivity index (χ3n) is 3.72. The van der Waals surface area contributed by atoms with Crippen LogP contribution in [0, 0.1) is 25.7 Å². The molecule has 0 bridgehead atoms. The molecule has 2 heterocycles. The van der Waals surface area contributed by atoms with Gasteiger partial charge in [0, 0.05) is 0 Å². The molecule has 3 rings (SSSR count). The lowest BCUT2D eigenvalue weighted by Gasteiger charge is -2.01. The summed E-state index contributed by atoms with van der Waals surface area (Å²) in [5, 5.41) is 16.7. The molecule has 0 amide bonds. The topological polar surface area (TPSA) is 51.6 Å². The van der Waals surface area contributed by atoms with Crippen LogP contribution in [0.4, 0.5) is 0 Å². The van der Waals surface area contributed by atoms with Gasteiger partial charge >= 0.3 is 0 Å². The molecule has 1 aliphatic rings. The summed E-state index contributed by atoms with van der Waals surface area (Å²) in [7, 11) is 0. The van der Waals surface area contributed by atoms with E-state index >= 15 is 0 Å². The van der Waals surface area contributed by atoms with Crippen molar-refractivity contribution in [2.24, 2.45) is 11.8 Å². The van der Waals surface area contributed by atoms with E-state index in [9.17, 15) is 0 Å². The largest absolute Gasteiger partial charge is 0.156 e. The lowest BCUT2D eigenvalue weighted by molar-refractivity contribution is 0.660. The molecule has 1 fully saturated rings. The summed E-state index contributed by atoms with van der Waals surface area (Å²) < 4.78 is 0. The number of hydrogen-bond acceptors (Lipinski definition) is 4. The predicted molar refractivity (Wildman–Crippen MR) is 72.5 cm³/mol. The second-order valence-corrected chi connectivity index (χ2v) is 5.50. The van der Waals surface area contributed by atoms with E-state index in [1.54, 1.807) is 0 Å². The highest BCUT2D eigenvalue weighted by atomic mass is 15.1. The maximum absolute atomic E-state index is 4.23. The fraction of sp³-hybridized carbons (Fsp3) is 0.467. The molecule has 0 unspecified atom stereocenters. The molecule has 4 nitrogen and oxygen atoms in total. The smallest absolute Gasteiger partial charge is 0.0634 e. The van der Waals surface area contributed by atoms with Crippen LogP contribution in [0.5, 0.6) is 0 Å². The van der Waals surface area contributed by atoms with E-state index < -0.39 is 0 Å². The minimum atomic E-state index is 0.736. The second kappa shape index (κ2) is 5.03. The van der Waals surface area contributed by atoms with E-state index in [0.29, 0.717) is 0 Å². The molecule has 0 aliphatic heterocycles. The van der Waals surface area contributed by atoms with E-state index in [4.69, 9.17) is 0 Å². The summed E-state index contributed by atoms with van der Waals surface area (Å²) >= 11 is 0. The fourth-order valence-corrected chi connectivity index (χ4v) is 2.42. The van der Waals surface area contributed by atoms with Gasteiger partial charge in [-0.25, -0.2) is 0 Å². The van der Waals surface area contributed by atoms with E-state index in [0.717, 1.165) is 47.5 Å². The minimum Gasteiger partial charge on any atom is -0.156 e. The normalized spacial score (nSPS) is 21.4. The minimum absolute atomic E-state index is 0.736. The molecule has 4 heteroatoms. The van der Waals surface area contributed by atoms with Gasteiger partial charge in [-0.2, -0.15) is 20.4 Å². The van der Waals surface area contributed by atoms with Crippen molar-refractivity contribution in [1.82, 2.24) is 20.4 Å². The average Bonchev–Trinajstić information content (AvgIpc) is 3.13. The zero-order chi connectivity index (χ0) is 13.2. The van der Waals surface area contributed by atoms with Crippen molar-refractivity contribution in [2.75, 3.05) is 0 Å². The van der Waals surface area contributed by atoms with Crippen LogP contribution in [0.15, 0.2) is 24.3 Å². The Morgan fingerprint density at radius 3 is 1.63 bits per heavy atom. The van der Waals surface area contributed by atoms with Crippen molar-refractivity contribution in [2.45, 2.75) is 33.1 Å². The van der Waals surface area contributed by atoms with Crippen molar-refractivity contribution in [3.05, 3.63) is 47.0 Å². The van der Waals surface area contributed by atoms with Crippen LogP contribution < -0.4 is 0 Å². The zero-order valence-corrected chi connectivity index (χ0v) is 11.4. The first-order chi connectivity index (χ1) is 9.20. The van der Waals surface area contributed by atoms with Crippen molar-refractivity contribution in [3.8, 4) is 0 Å². The van der Waals surface area contributed by atoms with Crippen LogP contribution in [0.3, 0.4) is 0 Å². The molecule has 2 atom stereocenters. The molecule has 0 spiro atoms. The van der Waals surface area contributed by atoms with E-state index in [1.807, 2.05) is 26.0 Å². The molecule has 1 aliphatic carbocycles. The first-order valence-corrected chi connectivity index (χ1v) is 6.79. The highest BCUT2D eigenvalue weighted by Gasteiger charge is 2.37. The molecule has 98 valence electrons. The van der Waals surface area contributed by atoms with Crippen LogP contribution in [0.1, 0.15) is 29.2 Å². The van der Waals surface area contributed by atoms with Crippen LogP contribution in [-0.2, 0) is 12.8 Å². The van der Waals surface area contributed by atoms with Crippen LogP contribution in [-0.4, -0.2) is 20.4 Å². The van der Waals surface area contributed by atoms with Crippen LogP contribution >= 0.6 is 0 Å². The highest BCUT2D eigenvalue weighted by molar-refractivity contribution is 5.11. The summed E-state index contributed by atoms with van der Waals surface area (Å²) in [5.41, 5.74) is 4.17. The second-order valence-electron chi connectivity index (χ2n) is 5.50. The fourth-order valence-electron chi connectivity index (χ4n) is 2.42. The Morgan fingerprint density at radius 2 is 1.26 bits per heavy atom. The first-order valence-electron chi connectivity index (χ1n) is 6.79. The number of nitrogens with zero attached hydrogens (tertiary/aromatic N) is 4. The molecule has 2 aromatic rings. The van der Waals surface area contributed by atoms with Crippen molar-refractivity contribution in [1.29, 1.82) is 0 Å². The Labute approximate surface area is 113 Å². The van der Waals surface area contributed by atoms with Gasteiger partial charge in [0.15, 0.2) is 0 Å². The van der Waals surface area contributed by atoms with Gasteiger partial charge in [0.1, 0.15) is 0 Å². The van der Waals surface area contributed by atoms with E-state index in [-0.39, 0.29) is 0 Å². The summed E-state index contributed by atoms with van der Waals surface area (Å²) in [6, 6.07) is 8.24. The van der Waals surface area contributed by atoms with Crippen molar-refractivity contribution in [3.63, 3.8) is 0 Å². The Morgan fingerprint density at radius 1 is 0.789 bits per heavy atom. The molecule has 1 saturated carbocycles. The van der Waals surface area contributed by atoms with Gasteiger partial charge < -0.3 is 0 Å². The van der Waals surface area contributed by atoms with E-state index in [1.165, 1.54) is 6.42 Å². The summed E-state index contributed by atoms with van der Waals surface area (Å²) in [4.78, 5) is 0. The Balaban J connectivity index is 1.54. The predicted octanol–water partition coefficient (Wildman–Crippen LogP) is 2.30. The molecule has 0 N–H and O–H groups in total. The first kappa shape index (κ1) is 12.2. The van der Waals surface area contributed by atoms with Gasteiger partial charge in [-0.15, -0.1) is 0 Å². The lowest BCUT2D eigenvalue weighted by atomic mass is 10.1. The lowest BCUT2D eigenvalue weighted by Crippen LogP contribution is -2.00. The third-order valence-corrected chi connectivity index (χ3v) is 3.72. The quantitative estimate of drug-likeness (QED) is 0.840. The Hall–Kier alpha value is -1.84. The van der Waals surface area contributed by atoms with E-state index in [2.05, 4.69) is 32.5 Å². The molecule has 19 heavy (non-hydrogen) atoms. The molecule has 2 aromatic heterocycles. The van der Waals surface area contributed by atoms with Gasteiger partial charge in [0.05, 0.1) is 22.8 Å². The van der Waals surface area contributed by atoms with Gasteiger partial charge in [0.25, 0.3) is 0 Å². The molecule has 0 saturated heterocycles. The van der Waals surface area contributed by atoms with Crippen molar-refractivity contribution >= 4 is 0 Å². The van der Waals surface area contributed by atoms with Gasteiger partial charge in [-0.1, -0.05) is 0 Å². The number of rotatable bonds is 4. The molecule has 0 radical (unpaired) electrons. The SMILES string of the molecule is Cc1ccc(C[C@H]2C[C@@H]2Cc2ccc(C)nn2)nn1. The maximum Gasteiger partial charge on any atom is 0.0634 e. The number of aromatic nitrogens is 4. The molecular weight excluding hydrogens is 236 g/mol. The van der Waals surface area contributed by atoms with Gasteiger partial charge in [-0.05, 0) is 69.2 Å². The highest BCUT2D eigenvalue weighted by Crippen LogP contribution is 2.42.